The SMILES string of the molecule is CCCC(Cl)CNc1nc[nH]c(=O)c1Br. The van der Waals surface area contributed by atoms with Gasteiger partial charge in [-0.05, 0) is 22.4 Å². The summed E-state index contributed by atoms with van der Waals surface area (Å²) in [4.78, 5) is 17.7. The molecule has 0 fully saturated rings. The van der Waals surface area contributed by atoms with Crippen LogP contribution in [0.25, 0.3) is 0 Å². The van der Waals surface area contributed by atoms with E-state index in [0.717, 1.165) is 12.8 Å². The molecule has 1 heterocycles. The van der Waals surface area contributed by atoms with Gasteiger partial charge in [0.1, 0.15) is 10.3 Å². The van der Waals surface area contributed by atoms with Crippen LogP contribution < -0.4 is 10.9 Å². The number of nitrogens with zero attached hydrogens (tertiary/aromatic N) is 1. The van der Waals surface area contributed by atoms with E-state index in [1.54, 1.807) is 0 Å². The van der Waals surface area contributed by atoms with E-state index < -0.39 is 0 Å². The Hall–Kier alpha value is -0.550. The highest BCUT2D eigenvalue weighted by molar-refractivity contribution is 9.10. The van der Waals surface area contributed by atoms with Gasteiger partial charge in [-0.3, -0.25) is 4.79 Å². The first-order chi connectivity index (χ1) is 7.15. The van der Waals surface area contributed by atoms with Crippen molar-refractivity contribution in [2.75, 3.05) is 11.9 Å². The summed E-state index contributed by atoms with van der Waals surface area (Å²) in [6, 6.07) is 0. The molecular weight excluding hydrogens is 281 g/mol. The number of H-pyrrole nitrogens is 1. The van der Waals surface area contributed by atoms with Crippen molar-refractivity contribution in [1.82, 2.24) is 9.97 Å². The van der Waals surface area contributed by atoms with Gasteiger partial charge in [0.05, 0.1) is 11.7 Å². The molecule has 1 aromatic rings. The quantitative estimate of drug-likeness (QED) is 0.820. The molecule has 0 aliphatic rings. The Morgan fingerprint density at radius 2 is 2.47 bits per heavy atom. The lowest BCUT2D eigenvalue weighted by molar-refractivity contribution is 0.750. The summed E-state index contributed by atoms with van der Waals surface area (Å²) in [6.45, 7) is 2.68. The van der Waals surface area contributed by atoms with Crippen molar-refractivity contribution < 1.29 is 0 Å². The minimum absolute atomic E-state index is 0.0583. The van der Waals surface area contributed by atoms with E-state index in [4.69, 9.17) is 11.6 Å². The van der Waals surface area contributed by atoms with Gasteiger partial charge >= 0.3 is 0 Å². The van der Waals surface area contributed by atoms with Gasteiger partial charge in [-0.15, -0.1) is 11.6 Å². The molecule has 0 radical (unpaired) electrons. The molecule has 0 bridgehead atoms. The first kappa shape index (κ1) is 12.5. The topological polar surface area (TPSA) is 57.8 Å². The van der Waals surface area contributed by atoms with E-state index in [1.807, 2.05) is 0 Å². The van der Waals surface area contributed by atoms with Gasteiger partial charge in [0.25, 0.3) is 5.56 Å². The van der Waals surface area contributed by atoms with E-state index >= 15 is 0 Å². The molecule has 0 saturated carbocycles. The fourth-order valence-corrected chi connectivity index (χ4v) is 1.78. The van der Waals surface area contributed by atoms with Crippen molar-refractivity contribution in [3.8, 4) is 0 Å². The van der Waals surface area contributed by atoms with Crippen molar-refractivity contribution in [2.24, 2.45) is 0 Å². The molecule has 6 heteroatoms. The van der Waals surface area contributed by atoms with E-state index in [-0.39, 0.29) is 10.9 Å². The van der Waals surface area contributed by atoms with Gasteiger partial charge < -0.3 is 10.3 Å². The Morgan fingerprint density at radius 1 is 1.73 bits per heavy atom. The lowest BCUT2D eigenvalue weighted by atomic mass is 10.2. The number of hydrogen-bond donors (Lipinski definition) is 2. The van der Waals surface area contributed by atoms with Crippen LogP contribution in [0.15, 0.2) is 15.6 Å². The maximum absolute atomic E-state index is 11.2. The molecule has 0 aliphatic heterocycles. The van der Waals surface area contributed by atoms with Crippen LogP contribution in [0.5, 0.6) is 0 Å². The standard InChI is InChI=1S/C9H13BrClN3O/c1-2-3-6(11)4-12-8-7(10)9(15)14-5-13-8/h5-6H,2-4H2,1H3,(H2,12,13,14,15). The van der Waals surface area contributed by atoms with Gasteiger partial charge in [0.2, 0.25) is 0 Å². The van der Waals surface area contributed by atoms with Gasteiger partial charge in [-0.1, -0.05) is 13.3 Å². The molecule has 4 nitrogen and oxygen atoms in total. The van der Waals surface area contributed by atoms with Crippen LogP contribution in [0, 0.1) is 0 Å². The van der Waals surface area contributed by atoms with E-state index in [9.17, 15) is 4.79 Å². The second-order valence-corrected chi connectivity index (χ2v) is 4.57. The van der Waals surface area contributed by atoms with Crippen molar-refractivity contribution in [3.63, 3.8) is 0 Å². The number of nitrogens with one attached hydrogen (secondary N) is 2. The summed E-state index contributed by atoms with van der Waals surface area (Å²) in [5, 5.41) is 3.09. The molecule has 0 aliphatic carbocycles. The van der Waals surface area contributed by atoms with Crippen LogP contribution in [0.1, 0.15) is 19.8 Å². The second kappa shape index (κ2) is 6.12. The first-order valence-corrected chi connectivity index (χ1v) is 5.99. The van der Waals surface area contributed by atoms with Crippen LogP contribution in [0.3, 0.4) is 0 Å². The maximum Gasteiger partial charge on any atom is 0.267 e. The number of aromatic nitrogens is 2. The molecule has 0 amide bonds. The summed E-state index contributed by atoms with van der Waals surface area (Å²) >= 11 is 9.19. The lowest BCUT2D eigenvalue weighted by Crippen LogP contribution is -2.18. The maximum atomic E-state index is 11.2. The zero-order valence-electron chi connectivity index (χ0n) is 8.39. The molecule has 2 N–H and O–H groups in total. The van der Waals surface area contributed by atoms with Crippen molar-refractivity contribution in [3.05, 3.63) is 21.2 Å². The molecule has 1 unspecified atom stereocenters. The number of rotatable bonds is 5. The molecule has 0 aromatic carbocycles. The zero-order chi connectivity index (χ0) is 11.3. The summed E-state index contributed by atoms with van der Waals surface area (Å²) in [5.74, 6) is 0.528. The van der Waals surface area contributed by atoms with Crippen molar-refractivity contribution in [1.29, 1.82) is 0 Å². The largest absolute Gasteiger partial charge is 0.367 e. The third kappa shape index (κ3) is 3.83. The fraction of sp³-hybridized carbons (Fsp3) is 0.556. The average molecular weight is 295 g/mol. The number of halogens is 2. The Kier molecular flexibility index (Phi) is 5.11. The van der Waals surface area contributed by atoms with E-state index in [0.29, 0.717) is 16.8 Å². The highest BCUT2D eigenvalue weighted by atomic mass is 79.9. The smallest absolute Gasteiger partial charge is 0.267 e. The fourth-order valence-electron chi connectivity index (χ4n) is 1.13. The van der Waals surface area contributed by atoms with Crippen LogP contribution in [-0.2, 0) is 0 Å². The van der Waals surface area contributed by atoms with Crippen LogP contribution in [-0.4, -0.2) is 21.9 Å². The predicted molar refractivity (Wildman–Crippen MR) is 65.6 cm³/mol. The van der Waals surface area contributed by atoms with E-state index in [2.05, 4.69) is 38.1 Å². The van der Waals surface area contributed by atoms with Crippen LogP contribution in [0.2, 0.25) is 0 Å². The second-order valence-electron chi connectivity index (χ2n) is 3.16. The molecule has 84 valence electrons. The van der Waals surface area contributed by atoms with Gasteiger partial charge in [0.15, 0.2) is 0 Å². The molecule has 1 atom stereocenters. The Bertz CT molecular complexity index is 369. The molecule has 0 saturated heterocycles. The third-order valence-electron chi connectivity index (χ3n) is 1.89. The number of aromatic amines is 1. The molecule has 15 heavy (non-hydrogen) atoms. The minimum Gasteiger partial charge on any atom is -0.367 e. The van der Waals surface area contributed by atoms with E-state index in [1.165, 1.54) is 6.33 Å². The molecular formula is C9H13BrClN3O. The number of hydrogen-bond acceptors (Lipinski definition) is 3. The summed E-state index contributed by atoms with van der Waals surface area (Å²) in [7, 11) is 0. The van der Waals surface area contributed by atoms with Gasteiger partial charge in [-0.2, -0.15) is 0 Å². The summed E-state index contributed by atoms with van der Waals surface area (Å²) in [5.41, 5.74) is -0.200. The van der Waals surface area contributed by atoms with Gasteiger partial charge in [-0.25, -0.2) is 4.98 Å². The average Bonchev–Trinajstić information content (AvgIpc) is 2.21. The lowest BCUT2D eigenvalue weighted by Gasteiger charge is -2.10. The monoisotopic (exact) mass is 293 g/mol. The first-order valence-electron chi connectivity index (χ1n) is 4.76. The predicted octanol–water partition coefficient (Wildman–Crippen LogP) is 2.35. The van der Waals surface area contributed by atoms with Crippen LogP contribution >= 0.6 is 27.5 Å². The van der Waals surface area contributed by atoms with Crippen molar-refractivity contribution in [2.45, 2.75) is 25.1 Å². The molecule has 0 spiro atoms. The van der Waals surface area contributed by atoms with Crippen molar-refractivity contribution >= 4 is 33.3 Å². The van der Waals surface area contributed by atoms with Gasteiger partial charge in [0, 0.05) is 6.54 Å². The third-order valence-corrected chi connectivity index (χ3v) is 3.00. The highest BCUT2D eigenvalue weighted by Crippen LogP contribution is 2.14. The molecule has 1 aromatic heterocycles. The summed E-state index contributed by atoms with van der Waals surface area (Å²) < 4.78 is 0.408. The minimum atomic E-state index is -0.200. The zero-order valence-corrected chi connectivity index (χ0v) is 10.7. The Balaban J connectivity index is 2.58. The highest BCUT2D eigenvalue weighted by Gasteiger charge is 2.07. The number of anilines is 1. The molecule has 1 rings (SSSR count). The Labute approximate surface area is 102 Å². The van der Waals surface area contributed by atoms with Crippen LogP contribution in [0.4, 0.5) is 5.82 Å². The Morgan fingerprint density at radius 3 is 3.13 bits per heavy atom. The summed E-state index contributed by atoms with van der Waals surface area (Å²) in [6.07, 6.45) is 3.34. The normalized spacial score (nSPS) is 12.5. The number of alkyl halides is 1.